The number of methoxy groups -OCH3 is 1. The summed E-state index contributed by atoms with van der Waals surface area (Å²) >= 11 is 0. The van der Waals surface area contributed by atoms with E-state index >= 15 is 0 Å². The van der Waals surface area contributed by atoms with Gasteiger partial charge in [-0.25, -0.2) is 4.98 Å². The first kappa shape index (κ1) is 19.0. The molecular weight excluding hydrogens is 312 g/mol. The van der Waals surface area contributed by atoms with Crippen LogP contribution in [0.2, 0.25) is 0 Å². The van der Waals surface area contributed by atoms with E-state index in [0.29, 0.717) is 12.2 Å². The molecule has 0 unspecified atom stereocenters. The maximum Gasteiger partial charge on any atom is 0.221 e. The molecule has 2 rings (SSSR count). The summed E-state index contributed by atoms with van der Waals surface area (Å²) < 4.78 is 5.60. The first-order valence-electron chi connectivity index (χ1n) is 7.64. The van der Waals surface area contributed by atoms with Crippen LogP contribution in [-0.2, 0) is 19.3 Å². The first-order valence-corrected chi connectivity index (χ1v) is 7.64. The van der Waals surface area contributed by atoms with Gasteiger partial charge in [-0.2, -0.15) is 4.98 Å². The molecule has 0 aliphatic carbocycles. The second kappa shape index (κ2) is 8.58. The van der Waals surface area contributed by atoms with Gasteiger partial charge in [-0.3, -0.25) is 0 Å². The van der Waals surface area contributed by atoms with Gasteiger partial charge >= 0.3 is 0 Å². The summed E-state index contributed by atoms with van der Waals surface area (Å²) in [6, 6.07) is 4.37. The van der Waals surface area contributed by atoms with Crippen LogP contribution in [0.25, 0.3) is 0 Å². The van der Waals surface area contributed by atoms with Crippen LogP contribution in [0.15, 0.2) is 18.3 Å². The average molecular weight is 337 g/mol. The maximum absolute atomic E-state index is 5.94. The minimum Gasteiger partial charge on any atom is -0.496 e. The molecule has 1 heterocycles. The summed E-state index contributed by atoms with van der Waals surface area (Å²) in [7, 11) is 1.74. The number of hydrogen-bond donors (Lipinski definition) is 2. The van der Waals surface area contributed by atoms with Gasteiger partial charge in [0.25, 0.3) is 0 Å². The Bertz CT molecular complexity index is 661. The molecular formula is C17H25ClN4O. The Morgan fingerprint density at radius 1 is 1.09 bits per heavy atom. The third-order valence-corrected chi connectivity index (χ3v) is 3.72. The van der Waals surface area contributed by atoms with Crippen molar-refractivity contribution < 1.29 is 4.74 Å². The molecule has 0 aliphatic rings. The number of anilines is 2. The van der Waals surface area contributed by atoms with Crippen molar-refractivity contribution in [1.82, 2.24) is 9.97 Å². The number of rotatable bonds is 6. The van der Waals surface area contributed by atoms with E-state index in [4.69, 9.17) is 16.2 Å². The lowest BCUT2D eigenvalue weighted by atomic mass is 9.96. The Kier molecular flexibility index (Phi) is 7.10. The zero-order valence-electron chi connectivity index (χ0n) is 13.9. The predicted molar refractivity (Wildman–Crippen MR) is 97.3 cm³/mol. The minimum absolute atomic E-state index is 0. The lowest BCUT2D eigenvalue weighted by Crippen LogP contribution is -2.05. The third kappa shape index (κ3) is 4.48. The largest absolute Gasteiger partial charge is 0.496 e. The quantitative estimate of drug-likeness (QED) is 0.846. The van der Waals surface area contributed by atoms with E-state index in [9.17, 15) is 0 Å². The van der Waals surface area contributed by atoms with Crippen molar-refractivity contribution in [3.63, 3.8) is 0 Å². The molecule has 1 aromatic carbocycles. The molecule has 2 aromatic rings. The summed E-state index contributed by atoms with van der Waals surface area (Å²) in [4.78, 5) is 8.06. The van der Waals surface area contributed by atoms with Crippen molar-refractivity contribution in [2.75, 3.05) is 18.6 Å². The second-order valence-corrected chi connectivity index (χ2v) is 5.37. The van der Waals surface area contributed by atoms with Crippen molar-refractivity contribution >= 4 is 24.2 Å². The molecule has 0 saturated heterocycles. The number of benzene rings is 1. The van der Waals surface area contributed by atoms with Crippen LogP contribution in [0.5, 0.6) is 5.75 Å². The smallest absolute Gasteiger partial charge is 0.221 e. The van der Waals surface area contributed by atoms with Gasteiger partial charge in [-0.05, 0) is 29.5 Å². The number of hydrogen-bond acceptors (Lipinski definition) is 5. The zero-order valence-corrected chi connectivity index (χ0v) is 14.7. The summed E-state index contributed by atoms with van der Waals surface area (Å²) in [5.74, 6) is 1.66. The zero-order chi connectivity index (χ0) is 16.1. The summed E-state index contributed by atoms with van der Waals surface area (Å²) in [5, 5.41) is 0. The highest BCUT2D eigenvalue weighted by Gasteiger charge is 2.12. The fourth-order valence-electron chi connectivity index (χ4n) is 2.70. The molecule has 0 amide bonds. The minimum atomic E-state index is 0. The van der Waals surface area contributed by atoms with Crippen LogP contribution in [0.4, 0.5) is 11.8 Å². The number of nitrogens with two attached hydrogens (primary N) is 2. The maximum atomic E-state index is 5.94. The van der Waals surface area contributed by atoms with Gasteiger partial charge in [0.1, 0.15) is 11.6 Å². The normalized spacial score (nSPS) is 10.2. The molecule has 5 nitrogen and oxygen atoms in total. The molecule has 23 heavy (non-hydrogen) atoms. The van der Waals surface area contributed by atoms with E-state index in [0.717, 1.165) is 30.6 Å². The van der Waals surface area contributed by atoms with Crippen LogP contribution >= 0.6 is 12.4 Å². The van der Waals surface area contributed by atoms with Gasteiger partial charge < -0.3 is 16.2 Å². The number of halogens is 1. The van der Waals surface area contributed by atoms with E-state index in [2.05, 4.69) is 35.9 Å². The monoisotopic (exact) mass is 336 g/mol. The third-order valence-electron chi connectivity index (χ3n) is 3.72. The molecule has 0 atom stereocenters. The van der Waals surface area contributed by atoms with Crippen molar-refractivity contribution in [2.45, 2.75) is 39.5 Å². The lowest BCUT2D eigenvalue weighted by Gasteiger charge is -2.15. The highest BCUT2D eigenvalue weighted by atomic mass is 35.5. The Morgan fingerprint density at radius 3 is 2.35 bits per heavy atom. The number of nitrogens with zero attached hydrogens (tertiary/aromatic N) is 2. The molecule has 0 aliphatic heterocycles. The fraction of sp³-hybridized carbons (Fsp3) is 0.412. The van der Waals surface area contributed by atoms with Crippen molar-refractivity contribution in [3.8, 4) is 5.75 Å². The van der Waals surface area contributed by atoms with Gasteiger partial charge in [-0.15, -0.1) is 12.4 Å². The van der Waals surface area contributed by atoms with E-state index in [-0.39, 0.29) is 18.4 Å². The van der Waals surface area contributed by atoms with Crippen LogP contribution in [0, 0.1) is 0 Å². The van der Waals surface area contributed by atoms with Gasteiger partial charge in [0.15, 0.2) is 0 Å². The van der Waals surface area contributed by atoms with Crippen LogP contribution < -0.4 is 16.2 Å². The van der Waals surface area contributed by atoms with Gasteiger partial charge in [0, 0.05) is 18.2 Å². The molecule has 0 bridgehead atoms. The van der Waals surface area contributed by atoms with Gasteiger partial charge in [0.2, 0.25) is 5.95 Å². The van der Waals surface area contributed by atoms with Crippen LogP contribution in [-0.4, -0.2) is 17.1 Å². The number of aryl methyl sites for hydroxylation is 2. The predicted octanol–water partition coefficient (Wildman–Crippen LogP) is 3.18. The van der Waals surface area contributed by atoms with Crippen molar-refractivity contribution in [2.24, 2.45) is 0 Å². The Morgan fingerprint density at radius 2 is 1.78 bits per heavy atom. The van der Waals surface area contributed by atoms with E-state index in [1.807, 2.05) is 0 Å². The van der Waals surface area contributed by atoms with Crippen LogP contribution in [0.3, 0.4) is 0 Å². The number of ether oxygens (including phenoxy) is 1. The molecule has 0 spiro atoms. The van der Waals surface area contributed by atoms with Crippen molar-refractivity contribution in [3.05, 3.63) is 40.6 Å². The topological polar surface area (TPSA) is 87.0 Å². The first-order chi connectivity index (χ1) is 10.6. The molecule has 6 heteroatoms. The van der Waals surface area contributed by atoms with E-state index < -0.39 is 0 Å². The van der Waals surface area contributed by atoms with E-state index in [1.54, 1.807) is 13.3 Å². The highest BCUT2D eigenvalue weighted by Crippen LogP contribution is 2.29. The summed E-state index contributed by atoms with van der Waals surface area (Å²) in [5.41, 5.74) is 16.0. The Hall–Kier alpha value is -2.01. The molecule has 0 saturated carbocycles. The number of nitrogen functional groups attached to an aromatic ring is 2. The summed E-state index contributed by atoms with van der Waals surface area (Å²) in [6.07, 6.45) is 5.40. The molecule has 4 N–H and O–H groups in total. The fourth-order valence-corrected chi connectivity index (χ4v) is 2.70. The average Bonchev–Trinajstić information content (AvgIpc) is 2.50. The molecule has 126 valence electrons. The standard InChI is InChI=1S/C17H24N4O.ClH/c1-4-6-13-8-11(7-12(5-2)15(13)22-3)9-14-10-20-17(19)21-16(14)18;/h7-8,10H,4-6,9H2,1-3H3,(H4,18,19,20,21);1H. The second-order valence-electron chi connectivity index (χ2n) is 5.37. The van der Waals surface area contributed by atoms with Gasteiger partial charge in [-0.1, -0.05) is 32.4 Å². The Labute approximate surface area is 143 Å². The van der Waals surface area contributed by atoms with E-state index in [1.165, 1.54) is 16.7 Å². The SMILES string of the molecule is CCCc1cc(Cc2cnc(N)nc2N)cc(CC)c1OC.Cl. The molecule has 1 aromatic heterocycles. The van der Waals surface area contributed by atoms with Crippen molar-refractivity contribution in [1.29, 1.82) is 0 Å². The lowest BCUT2D eigenvalue weighted by molar-refractivity contribution is 0.404. The van der Waals surface area contributed by atoms with Crippen LogP contribution in [0.1, 0.15) is 42.5 Å². The summed E-state index contributed by atoms with van der Waals surface area (Å²) in [6.45, 7) is 4.31. The Balaban J connectivity index is 0.00000264. The molecule has 0 radical (unpaired) electrons. The highest BCUT2D eigenvalue weighted by molar-refractivity contribution is 5.85. The molecule has 0 fully saturated rings. The van der Waals surface area contributed by atoms with Gasteiger partial charge in [0.05, 0.1) is 7.11 Å². The number of aromatic nitrogens is 2.